The number of methoxy groups -OCH3 is 1. The Labute approximate surface area is 175 Å². The number of carbonyl (C=O) groups is 1. The lowest BCUT2D eigenvalue weighted by atomic mass is 9.86. The number of ketones is 1. The summed E-state index contributed by atoms with van der Waals surface area (Å²) in [5, 5.41) is 6.07. The molecule has 0 saturated heterocycles. The molecule has 4 nitrogen and oxygen atoms in total. The van der Waals surface area contributed by atoms with E-state index in [1.54, 1.807) is 7.11 Å². The Morgan fingerprint density at radius 3 is 2.45 bits per heavy atom. The van der Waals surface area contributed by atoms with Gasteiger partial charge in [0.05, 0.1) is 13.2 Å². The molecule has 1 heterocycles. The van der Waals surface area contributed by atoms with Crippen molar-refractivity contribution in [1.82, 2.24) is 10.2 Å². The van der Waals surface area contributed by atoms with Crippen LogP contribution in [0.2, 0.25) is 0 Å². The van der Waals surface area contributed by atoms with Gasteiger partial charge in [-0.3, -0.25) is 4.79 Å². The van der Waals surface area contributed by atoms with Crippen molar-refractivity contribution in [2.75, 3.05) is 14.2 Å². The topological polar surface area (TPSA) is 41.6 Å². The molecule has 0 bridgehead atoms. The average molecular weight is 403 g/mol. The van der Waals surface area contributed by atoms with E-state index in [1.807, 2.05) is 73.5 Å². The summed E-state index contributed by atoms with van der Waals surface area (Å²) in [7, 11) is 3.52. The van der Waals surface area contributed by atoms with Gasteiger partial charge in [-0.1, -0.05) is 60.7 Å². The van der Waals surface area contributed by atoms with Gasteiger partial charge in [-0.2, -0.15) is 0 Å². The summed E-state index contributed by atoms with van der Waals surface area (Å²) >= 11 is 5.57. The van der Waals surface area contributed by atoms with E-state index in [4.69, 9.17) is 17.0 Å². The SMILES string of the molecule is COc1ccc2ccccc2c1C1NC(=S)N(C)C(C)=C1C(=O)c1ccccc1. The van der Waals surface area contributed by atoms with E-state index in [1.165, 1.54) is 0 Å². The van der Waals surface area contributed by atoms with Crippen molar-refractivity contribution in [2.24, 2.45) is 0 Å². The van der Waals surface area contributed by atoms with E-state index >= 15 is 0 Å². The van der Waals surface area contributed by atoms with Crippen LogP contribution in [0, 0.1) is 0 Å². The van der Waals surface area contributed by atoms with Gasteiger partial charge in [0.25, 0.3) is 0 Å². The van der Waals surface area contributed by atoms with Crippen LogP contribution in [0.25, 0.3) is 10.8 Å². The predicted octanol–water partition coefficient (Wildman–Crippen LogP) is 4.87. The van der Waals surface area contributed by atoms with Gasteiger partial charge >= 0.3 is 0 Å². The third-order valence-electron chi connectivity index (χ3n) is 5.47. The Morgan fingerprint density at radius 2 is 1.72 bits per heavy atom. The highest BCUT2D eigenvalue weighted by molar-refractivity contribution is 7.80. The highest BCUT2D eigenvalue weighted by Gasteiger charge is 2.35. The van der Waals surface area contributed by atoms with Gasteiger partial charge in [0.2, 0.25) is 0 Å². The van der Waals surface area contributed by atoms with Crippen LogP contribution in [0.15, 0.2) is 78.0 Å². The van der Waals surface area contributed by atoms with Gasteiger partial charge in [0.1, 0.15) is 5.75 Å². The number of fused-ring (bicyclic) bond motifs is 1. The number of nitrogens with one attached hydrogen (secondary N) is 1. The smallest absolute Gasteiger partial charge is 0.193 e. The highest BCUT2D eigenvalue weighted by atomic mass is 32.1. The predicted molar refractivity (Wildman–Crippen MR) is 120 cm³/mol. The molecule has 3 aromatic carbocycles. The van der Waals surface area contributed by atoms with E-state index < -0.39 is 6.04 Å². The number of nitrogens with zero attached hydrogens (tertiary/aromatic N) is 1. The molecule has 1 N–H and O–H groups in total. The molecule has 3 aromatic rings. The van der Waals surface area contributed by atoms with E-state index in [9.17, 15) is 4.79 Å². The van der Waals surface area contributed by atoms with Crippen LogP contribution in [0.1, 0.15) is 28.9 Å². The molecule has 0 fully saturated rings. The summed E-state index contributed by atoms with van der Waals surface area (Å²) < 4.78 is 5.71. The Balaban J connectivity index is 1.98. The molecular weight excluding hydrogens is 380 g/mol. The minimum Gasteiger partial charge on any atom is -0.496 e. The summed E-state index contributed by atoms with van der Waals surface area (Å²) in [6, 6.07) is 21.0. The second-order valence-electron chi connectivity index (χ2n) is 7.04. The van der Waals surface area contributed by atoms with Crippen molar-refractivity contribution in [3.63, 3.8) is 0 Å². The lowest BCUT2D eigenvalue weighted by Gasteiger charge is -2.36. The van der Waals surface area contributed by atoms with Crippen molar-refractivity contribution in [1.29, 1.82) is 0 Å². The van der Waals surface area contributed by atoms with Gasteiger partial charge in [-0.05, 0) is 36.0 Å². The van der Waals surface area contributed by atoms with Crippen LogP contribution in [0.3, 0.4) is 0 Å². The molecule has 1 unspecified atom stereocenters. The van der Waals surface area contributed by atoms with E-state index in [-0.39, 0.29) is 5.78 Å². The minimum atomic E-state index is -0.410. The molecular formula is C24H22N2O2S. The van der Waals surface area contributed by atoms with Crippen LogP contribution in [-0.4, -0.2) is 30.0 Å². The second-order valence-corrected chi connectivity index (χ2v) is 7.43. The molecule has 1 atom stereocenters. The number of carbonyl (C=O) groups excluding carboxylic acids is 1. The van der Waals surface area contributed by atoms with Crippen molar-refractivity contribution >= 4 is 33.9 Å². The van der Waals surface area contributed by atoms with Gasteiger partial charge < -0.3 is 15.0 Å². The van der Waals surface area contributed by atoms with Crippen LogP contribution in [0.5, 0.6) is 5.75 Å². The number of rotatable bonds is 4. The zero-order valence-electron chi connectivity index (χ0n) is 16.6. The van der Waals surface area contributed by atoms with E-state index in [0.717, 1.165) is 27.8 Å². The number of Topliss-reactive ketones (excluding diaryl/α,β-unsaturated/α-hetero) is 1. The maximum atomic E-state index is 13.6. The van der Waals surface area contributed by atoms with Crippen molar-refractivity contribution in [3.05, 3.63) is 89.1 Å². The molecule has 0 aliphatic carbocycles. The molecule has 1 aliphatic rings. The monoisotopic (exact) mass is 402 g/mol. The number of thiocarbonyl (C=S) groups is 1. The van der Waals surface area contributed by atoms with Gasteiger partial charge in [-0.15, -0.1) is 0 Å². The van der Waals surface area contributed by atoms with Gasteiger partial charge in [0, 0.05) is 29.4 Å². The molecule has 4 rings (SSSR count). The van der Waals surface area contributed by atoms with Gasteiger partial charge in [-0.25, -0.2) is 0 Å². The van der Waals surface area contributed by atoms with Crippen LogP contribution < -0.4 is 10.1 Å². The van der Waals surface area contributed by atoms with Crippen molar-refractivity contribution in [2.45, 2.75) is 13.0 Å². The fourth-order valence-corrected chi connectivity index (χ4v) is 4.10. The van der Waals surface area contributed by atoms with E-state index in [2.05, 4.69) is 17.4 Å². The summed E-state index contributed by atoms with van der Waals surface area (Å²) in [5.41, 5.74) is 3.07. The summed E-state index contributed by atoms with van der Waals surface area (Å²) in [6.07, 6.45) is 0. The Morgan fingerprint density at radius 1 is 1.03 bits per heavy atom. The molecule has 0 saturated carbocycles. The zero-order valence-corrected chi connectivity index (χ0v) is 17.4. The molecule has 5 heteroatoms. The fraction of sp³-hybridized carbons (Fsp3) is 0.167. The Hall–Kier alpha value is -3.18. The molecule has 0 aromatic heterocycles. The molecule has 1 aliphatic heterocycles. The molecule has 0 spiro atoms. The molecule has 29 heavy (non-hydrogen) atoms. The number of hydrogen-bond donors (Lipinski definition) is 1. The summed E-state index contributed by atoms with van der Waals surface area (Å²) in [4.78, 5) is 15.4. The molecule has 146 valence electrons. The van der Waals surface area contributed by atoms with Crippen molar-refractivity contribution < 1.29 is 9.53 Å². The number of allylic oxidation sites excluding steroid dienone is 1. The molecule has 0 amide bonds. The zero-order chi connectivity index (χ0) is 20.5. The van der Waals surface area contributed by atoms with Crippen LogP contribution >= 0.6 is 12.2 Å². The lowest BCUT2D eigenvalue weighted by molar-refractivity contribution is 0.102. The number of benzene rings is 3. The van der Waals surface area contributed by atoms with Gasteiger partial charge in [0.15, 0.2) is 10.9 Å². The third-order valence-corrected chi connectivity index (χ3v) is 5.87. The van der Waals surface area contributed by atoms with E-state index in [0.29, 0.717) is 16.2 Å². The summed E-state index contributed by atoms with van der Waals surface area (Å²) in [6.45, 7) is 1.94. The number of hydrogen-bond acceptors (Lipinski definition) is 3. The maximum absolute atomic E-state index is 13.6. The first-order valence-electron chi connectivity index (χ1n) is 9.43. The fourth-order valence-electron chi connectivity index (χ4n) is 3.84. The van der Waals surface area contributed by atoms with Crippen LogP contribution in [0.4, 0.5) is 0 Å². The largest absolute Gasteiger partial charge is 0.496 e. The second kappa shape index (κ2) is 7.68. The highest BCUT2D eigenvalue weighted by Crippen LogP contribution is 2.40. The normalized spacial score (nSPS) is 16.7. The Kier molecular flexibility index (Phi) is 5.07. The first-order chi connectivity index (χ1) is 14.0. The lowest BCUT2D eigenvalue weighted by Crippen LogP contribution is -2.46. The minimum absolute atomic E-state index is 0.0232. The third kappa shape index (κ3) is 3.28. The van der Waals surface area contributed by atoms with Crippen LogP contribution in [-0.2, 0) is 0 Å². The summed E-state index contributed by atoms with van der Waals surface area (Å²) in [5.74, 6) is 0.699. The quantitative estimate of drug-likeness (QED) is 0.498. The molecule has 0 radical (unpaired) electrons. The Bertz CT molecular complexity index is 1140. The average Bonchev–Trinajstić information content (AvgIpc) is 2.76. The number of ether oxygens (including phenoxy) is 1. The standard InChI is InChI=1S/C24H22N2O2S/c1-15-20(23(27)17-10-5-4-6-11-17)22(25-24(29)26(15)2)21-18-12-8-7-9-16(18)13-14-19(21)28-3/h4-14,22H,1-3H3,(H,25,29). The first-order valence-corrected chi connectivity index (χ1v) is 9.84. The maximum Gasteiger partial charge on any atom is 0.193 e. The van der Waals surface area contributed by atoms with Crippen molar-refractivity contribution in [3.8, 4) is 5.75 Å². The first kappa shape index (κ1) is 19.2.